The minimum atomic E-state index is -0.698. The molecule has 4 rings (SSSR count). The number of aryl methyl sites for hydroxylation is 1. The van der Waals surface area contributed by atoms with Crippen molar-refractivity contribution in [2.75, 3.05) is 0 Å². The molecule has 2 aromatic rings. The number of amides is 1. The monoisotopic (exact) mass is 356 g/mol. The lowest BCUT2D eigenvalue weighted by molar-refractivity contribution is -0.125. The first-order chi connectivity index (χ1) is 12.4. The average molecular weight is 356 g/mol. The first kappa shape index (κ1) is 17.1. The van der Waals surface area contributed by atoms with Crippen molar-refractivity contribution < 1.29 is 9.90 Å². The lowest BCUT2D eigenvalue weighted by atomic mass is 9.77. The molecular formula is C19H24N4O3. The highest BCUT2D eigenvalue weighted by molar-refractivity contribution is 5.81. The molecule has 2 saturated carbocycles. The van der Waals surface area contributed by atoms with Gasteiger partial charge in [0.25, 0.3) is 5.56 Å². The summed E-state index contributed by atoms with van der Waals surface area (Å²) in [5, 5.41) is 17.5. The number of aromatic nitrogens is 3. The molecule has 0 bridgehead atoms. The van der Waals surface area contributed by atoms with Gasteiger partial charge >= 0.3 is 0 Å². The van der Waals surface area contributed by atoms with Crippen LogP contribution in [0.5, 0.6) is 0 Å². The molecule has 7 heteroatoms. The fourth-order valence-corrected chi connectivity index (χ4v) is 3.71. The van der Waals surface area contributed by atoms with E-state index in [-0.39, 0.29) is 24.1 Å². The minimum Gasteiger partial charge on any atom is -0.390 e. The molecule has 1 amide bonds. The second kappa shape index (κ2) is 6.16. The van der Waals surface area contributed by atoms with Crippen molar-refractivity contribution in [2.24, 2.45) is 0 Å². The van der Waals surface area contributed by atoms with Crippen molar-refractivity contribution >= 4 is 16.8 Å². The molecule has 0 aromatic carbocycles. The van der Waals surface area contributed by atoms with E-state index >= 15 is 0 Å². The number of carbonyl (C=O) groups excluding carboxylic acids is 1. The van der Waals surface area contributed by atoms with Crippen molar-refractivity contribution in [3.8, 4) is 0 Å². The Hall–Kier alpha value is -2.28. The molecule has 2 N–H and O–H groups in total. The predicted molar refractivity (Wildman–Crippen MR) is 96.9 cm³/mol. The van der Waals surface area contributed by atoms with Gasteiger partial charge < -0.3 is 10.4 Å². The summed E-state index contributed by atoms with van der Waals surface area (Å²) >= 11 is 0. The van der Waals surface area contributed by atoms with E-state index in [1.54, 1.807) is 6.92 Å². The van der Waals surface area contributed by atoms with E-state index in [1.165, 1.54) is 4.68 Å². The van der Waals surface area contributed by atoms with Crippen LogP contribution in [0.15, 0.2) is 16.9 Å². The van der Waals surface area contributed by atoms with Crippen LogP contribution in [0, 0.1) is 0 Å². The first-order valence-corrected chi connectivity index (χ1v) is 9.28. The van der Waals surface area contributed by atoms with Gasteiger partial charge in [0.15, 0.2) is 0 Å². The van der Waals surface area contributed by atoms with Gasteiger partial charge in [-0.3, -0.25) is 14.6 Å². The van der Waals surface area contributed by atoms with Gasteiger partial charge in [-0.1, -0.05) is 6.92 Å². The van der Waals surface area contributed by atoms with E-state index in [2.05, 4.69) is 15.4 Å². The first-order valence-electron chi connectivity index (χ1n) is 9.28. The second-order valence-electron chi connectivity index (χ2n) is 7.84. The summed E-state index contributed by atoms with van der Waals surface area (Å²) in [6.45, 7) is 3.60. The summed E-state index contributed by atoms with van der Waals surface area (Å²) in [6, 6.07) is 3.69. The van der Waals surface area contributed by atoms with Crippen LogP contribution in [-0.4, -0.2) is 37.4 Å². The van der Waals surface area contributed by atoms with Crippen LogP contribution >= 0.6 is 0 Å². The zero-order chi connectivity index (χ0) is 18.5. The Morgan fingerprint density at radius 3 is 2.73 bits per heavy atom. The maximum absolute atomic E-state index is 12.7. The van der Waals surface area contributed by atoms with Crippen molar-refractivity contribution in [1.29, 1.82) is 0 Å². The number of aliphatic hydroxyl groups is 1. The zero-order valence-corrected chi connectivity index (χ0v) is 15.2. The van der Waals surface area contributed by atoms with Crippen LogP contribution in [0.25, 0.3) is 10.9 Å². The van der Waals surface area contributed by atoms with E-state index in [4.69, 9.17) is 0 Å². The smallest absolute Gasteiger partial charge is 0.276 e. The van der Waals surface area contributed by atoms with Gasteiger partial charge in [0.2, 0.25) is 5.91 Å². The lowest BCUT2D eigenvalue weighted by Crippen LogP contribution is -2.54. The summed E-state index contributed by atoms with van der Waals surface area (Å²) < 4.78 is 1.23. The molecule has 0 unspecified atom stereocenters. The fourth-order valence-electron chi connectivity index (χ4n) is 3.71. The van der Waals surface area contributed by atoms with Gasteiger partial charge in [0.05, 0.1) is 22.2 Å². The molecule has 2 heterocycles. The summed E-state index contributed by atoms with van der Waals surface area (Å²) in [6.07, 6.45) is 4.02. The maximum atomic E-state index is 12.7. The fraction of sp³-hybridized carbons (Fsp3) is 0.579. The number of nitrogens with one attached hydrogen (secondary N) is 1. The van der Waals surface area contributed by atoms with Gasteiger partial charge in [0.1, 0.15) is 6.54 Å². The Bertz CT molecular complexity index is 922. The Balaban J connectivity index is 1.59. The van der Waals surface area contributed by atoms with E-state index in [1.807, 2.05) is 19.1 Å². The van der Waals surface area contributed by atoms with Crippen LogP contribution in [0.1, 0.15) is 56.8 Å². The zero-order valence-electron chi connectivity index (χ0n) is 15.2. The van der Waals surface area contributed by atoms with Crippen LogP contribution < -0.4 is 10.9 Å². The average Bonchev–Trinajstić information content (AvgIpc) is 3.40. The van der Waals surface area contributed by atoms with E-state index in [0.29, 0.717) is 36.1 Å². The predicted octanol–water partition coefficient (Wildman–Crippen LogP) is 1.26. The van der Waals surface area contributed by atoms with Gasteiger partial charge in [-0.15, -0.1) is 0 Å². The Morgan fingerprint density at radius 1 is 1.38 bits per heavy atom. The highest BCUT2D eigenvalue weighted by atomic mass is 16.3. The normalized spacial score (nSPS) is 25.1. The third-order valence-electron chi connectivity index (χ3n) is 5.26. The Labute approximate surface area is 151 Å². The Kier molecular flexibility index (Phi) is 4.06. The molecule has 0 spiro atoms. The summed E-state index contributed by atoms with van der Waals surface area (Å²) in [5.41, 5.74) is 1.44. The standard InChI is InChI=1S/C19H24N4O3/c1-3-14-17-13(6-7-15(21-17)11-4-5-11)18(25)23(22-14)10-16(24)20-12-8-19(2,26)9-12/h6-7,11-12,26H,3-5,8-10H2,1-2H3,(H,20,24)/t12-,19+. The molecule has 0 saturated heterocycles. The number of nitrogens with zero attached hydrogens (tertiary/aromatic N) is 3. The number of hydrogen-bond donors (Lipinski definition) is 2. The van der Waals surface area contributed by atoms with Crippen molar-refractivity contribution in [2.45, 2.75) is 70.1 Å². The molecular weight excluding hydrogens is 332 g/mol. The number of rotatable bonds is 5. The van der Waals surface area contributed by atoms with Crippen molar-refractivity contribution in [1.82, 2.24) is 20.1 Å². The number of fused-ring (bicyclic) bond motifs is 1. The van der Waals surface area contributed by atoms with Crippen molar-refractivity contribution in [3.63, 3.8) is 0 Å². The molecule has 2 aliphatic carbocycles. The molecule has 138 valence electrons. The molecule has 0 atom stereocenters. The Morgan fingerprint density at radius 2 is 2.12 bits per heavy atom. The molecule has 7 nitrogen and oxygen atoms in total. The quantitative estimate of drug-likeness (QED) is 0.841. The van der Waals surface area contributed by atoms with Gasteiger partial charge in [-0.2, -0.15) is 5.10 Å². The molecule has 2 aliphatic rings. The maximum Gasteiger partial charge on any atom is 0.276 e. The molecule has 2 fully saturated rings. The lowest BCUT2D eigenvalue weighted by Gasteiger charge is -2.41. The highest BCUT2D eigenvalue weighted by Gasteiger charge is 2.39. The summed E-state index contributed by atoms with van der Waals surface area (Å²) in [4.78, 5) is 29.7. The summed E-state index contributed by atoms with van der Waals surface area (Å²) in [5.74, 6) is 0.251. The van der Waals surface area contributed by atoms with Crippen LogP contribution in [0.4, 0.5) is 0 Å². The van der Waals surface area contributed by atoms with Crippen LogP contribution in [-0.2, 0) is 17.8 Å². The van der Waals surface area contributed by atoms with Crippen LogP contribution in [0.3, 0.4) is 0 Å². The summed E-state index contributed by atoms with van der Waals surface area (Å²) in [7, 11) is 0. The van der Waals surface area contributed by atoms with E-state index in [0.717, 1.165) is 24.2 Å². The molecule has 26 heavy (non-hydrogen) atoms. The molecule has 0 aliphatic heterocycles. The molecule has 0 radical (unpaired) electrons. The second-order valence-corrected chi connectivity index (χ2v) is 7.84. The van der Waals surface area contributed by atoms with Gasteiger partial charge in [-0.05, 0) is 51.2 Å². The van der Waals surface area contributed by atoms with Crippen molar-refractivity contribution in [3.05, 3.63) is 33.9 Å². The highest BCUT2D eigenvalue weighted by Crippen LogP contribution is 2.39. The van der Waals surface area contributed by atoms with E-state index < -0.39 is 5.60 Å². The SMILES string of the molecule is CCc1nn(CC(=O)N[C@H]2C[C@@](C)(O)C2)c(=O)c2ccc(C3CC3)nc12. The number of carbonyl (C=O) groups is 1. The van der Waals surface area contributed by atoms with Crippen LogP contribution in [0.2, 0.25) is 0 Å². The van der Waals surface area contributed by atoms with Gasteiger partial charge in [0, 0.05) is 17.7 Å². The number of hydrogen-bond acceptors (Lipinski definition) is 5. The topological polar surface area (TPSA) is 97.1 Å². The third kappa shape index (κ3) is 3.23. The van der Waals surface area contributed by atoms with Gasteiger partial charge in [-0.25, -0.2) is 4.68 Å². The minimum absolute atomic E-state index is 0.0397. The number of pyridine rings is 1. The largest absolute Gasteiger partial charge is 0.390 e. The third-order valence-corrected chi connectivity index (χ3v) is 5.26. The van der Waals surface area contributed by atoms with E-state index in [9.17, 15) is 14.7 Å². The molecule has 2 aromatic heterocycles.